The third-order valence-electron chi connectivity index (χ3n) is 3.21. The van der Waals surface area contributed by atoms with E-state index in [0.29, 0.717) is 11.3 Å². The average molecular weight is 336 g/mol. The Labute approximate surface area is 134 Å². The van der Waals surface area contributed by atoms with Gasteiger partial charge in [0.15, 0.2) is 0 Å². The topological polar surface area (TPSA) is 75.3 Å². The molecule has 0 radical (unpaired) electrons. The summed E-state index contributed by atoms with van der Waals surface area (Å²) in [7, 11) is -3.83. The fourth-order valence-electron chi connectivity index (χ4n) is 2.06. The molecule has 0 bridgehead atoms. The first kappa shape index (κ1) is 17.1. The molecule has 0 heterocycles. The van der Waals surface area contributed by atoms with E-state index < -0.39 is 15.8 Å². The van der Waals surface area contributed by atoms with Crippen LogP contribution in [0.4, 0.5) is 10.1 Å². The van der Waals surface area contributed by atoms with Crippen LogP contribution in [0.25, 0.3) is 0 Å². The van der Waals surface area contributed by atoms with Crippen LogP contribution in [0.2, 0.25) is 0 Å². The zero-order valence-corrected chi connectivity index (χ0v) is 13.6. The molecule has 0 aliphatic rings. The Morgan fingerprint density at radius 2 is 1.87 bits per heavy atom. The van der Waals surface area contributed by atoms with Crippen molar-refractivity contribution in [3.63, 3.8) is 0 Å². The van der Waals surface area contributed by atoms with Gasteiger partial charge in [-0.15, -0.1) is 0 Å². The fourth-order valence-corrected chi connectivity index (χ4v) is 3.34. The average Bonchev–Trinajstić information content (AvgIpc) is 2.48. The van der Waals surface area contributed by atoms with E-state index in [1.165, 1.54) is 31.2 Å². The maximum Gasteiger partial charge on any atom is 0.241 e. The third-order valence-corrected chi connectivity index (χ3v) is 4.75. The van der Waals surface area contributed by atoms with E-state index in [0.717, 1.165) is 0 Å². The third kappa shape index (κ3) is 4.37. The Balaban J connectivity index is 2.25. The first-order valence-electron chi connectivity index (χ1n) is 6.91. The quantitative estimate of drug-likeness (QED) is 0.881. The molecule has 1 amide bonds. The zero-order valence-electron chi connectivity index (χ0n) is 12.8. The van der Waals surface area contributed by atoms with Crippen LogP contribution in [0.1, 0.15) is 18.1 Å². The summed E-state index contributed by atoms with van der Waals surface area (Å²) in [4.78, 5) is 11.1. The molecule has 0 aliphatic heterocycles. The summed E-state index contributed by atoms with van der Waals surface area (Å²) in [6, 6.07) is 10.5. The number of amides is 1. The molecular formula is C16H17FN2O3S. The van der Waals surface area contributed by atoms with Gasteiger partial charge < -0.3 is 5.32 Å². The number of sulfonamides is 1. The molecule has 0 aliphatic carbocycles. The number of carbonyl (C=O) groups excluding carboxylic acids is 1. The van der Waals surface area contributed by atoms with E-state index in [-0.39, 0.29) is 22.9 Å². The molecule has 0 atom stereocenters. The lowest BCUT2D eigenvalue weighted by molar-refractivity contribution is -0.114. The van der Waals surface area contributed by atoms with E-state index in [1.54, 1.807) is 25.1 Å². The first-order chi connectivity index (χ1) is 10.8. The smallest absolute Gasteiger partial charge is 0.241 e. The van der Waals surface area contributed by atoms with Crippen molar-refractivity contribution in [3.8, 4) is 0 Å². The summed E-state index contributed by atoms with van der Waals surface area (Å²) in [6.45, 7) is 2.83. The van der Waals surface area contributed by atoms with Gasteiger partial charge >= 0.3 is 0 Å². The van der Waals surface area contributed by atoms with Gasteiger partial charge in [-0.05, 0) is 30.7 Å². The molecule has 122 valence electrons. The van der Waals surface area contributed by atoms with Crippen LogP contribution in [0.15, 0.2) is 47.4 Å². The number of anilines is 1. The second kappa shape index (κ2) is 6.89. The molecule has 0 fully saturated rings. The van der Waals surface area contributed by atoms with Crippen molar-refractivity contribution < 1.29 is 17.6 Å². The molecule has 23 heavy (non-hydrogen) atoms. The monoisotopic (exact) mass is 336 g/mol. The van der Waals surface area contributed by atoms with Gasteiger partial charge in [0.05, 0.1) is 4.90 Å². The van der Waals surface area contributed by atoms with Crippen LogP contribution in [0.5, 0.6) is 0 Å². The normalized spacial score (nSPS) is 11.3. The minimum atomic E-state index is -3.83. The largest absolute Gasteiger partial charge is 0.326 e. The minimum absolute atomic E-state index is 0.0417. The number of hydrogen-bond acceptors (Lipinski definition) is 3. The maximum atomic E-state index is 13.6. The molecule has 0 saturated carbocycles. The molecule has 7 heteroatoms. The van der Waals surface area contributed by atoms with Gasteiger partial charge in [0.2, 0.25) is 15.9 Å². The van der Waals surface area contributed by atoms with Crippen LogP contribution in [-0.2, 0) is 21.4 Å². The van der Waals surface area contributed by atoms with Crippen molar-refractivity contribution in [3.05, 3.63) is 59.4 Å². The molecule has 2 aromatic carbocycles. The Kier molecular flexibility index (Phi) is 5.12. The summed E-state index contributed by atoms with van der Waals surface area (Å²) in [5, 5.41) is 2.54. The second-order valence-electron chi connectivity index (χ2n) is 5.08. The number of hydrogen-bond donors (Lipinski definition) is 2. The van der Waals surface area contributed by atoms with Crippen LogP contribution < -0.4 is 10.0 Å². The number of carbonyl (C=O) groups is 1. The van der Waals surface area contributed by atoms with E-state index in [1.807, 2.05) is 0 Å². The van der Waals surface area contributed by atoms with Gasteiger partial charge in [-0.25, -0.2) is 17.5 Å². The molecule has 0 unspecified atom stereocenters. The Morgan fingerprint density at radius 3 is 2.52 bits per heavy atom. The predicted octanol–water partition coefficient (Wildman–Crippen LogP) is 2.57. The van der Waals surface area contributed by atoms with Crippen molar-refractivity contribution in [2.24, 2.45) is 0 Å². The number of halogens is 1. The van der Waals surface area contributed by atoms with E-state index >= 15 is 0 Å². The van der Waals surface area contributed by atoms with Gasteiger partial charge in [0, 0.05) is 24.7 Å². The van der Waals surface area contributed by atoms with Crippen molar-refractivity contribution in [1.29, 1.82) is 0 Å². The Bertz CT molecular complexity index is 835. The number of benzene rings is 2. The van der Waals surface area contributed by atoms with Crippen molar-refractivity contribution >= 4 is 21.6 Å². The molecule has 2 aromatic rings. The molecule has 0 aromatic heterocycles. The summed E-state index contributed by atoms with van der Waals surface area (Å²) < 4.78 is 40.8. The van der Waals surface area contributed by atoms with Crippen molar-refractivity contribution in [1.82, 2.24) is 4.72 Å². The van der Waals surface area contributed by atoms with E-state index in [4.69, 9.17) is 0 Å². The summed E-state index contributed by atoms with van der Waals surface area (Å²) in [5.74, 6) is -0.768. The highest BCUT2D eigenvalue weighted by Gasteiger charge is 2.18. The van der Waals surface area contributed by atoms with Gasteiger partial charge in [-0.2, -0.15) is 0 Å². The molecule has 5 nitrogen and oxygen atoms in total. The summed E-state index contributed by atoms with van der Waals surface area (Å²) in [5.41, 5.74) is 1.17. The Hall–Kier alpha value is -2.25. The van der Waals surface area contributed by atoms with Gasteiger partial charge in [-0.1, -0.05) is 24.3 Å². The zero-order chi connectivity index (χ0) is 17.0. The SMILES string of the molecule is CC(=O)Nc1ccc(C)c(S(=O)(=O)NCc2ccccc2F)c1. The minimum Gasteiger partial charge on any atom is -0.326 e. The molecule has 2 rings (SSSR count). The lowest BCUT2D eigenvalue weighted by Gasteiger charge is -2.12. The van der Waals surface area contributed by atoms with Gasteiger partial charge in [-0.3, -0.25) is 4.79 Å². The number of nitrogens with one attached hydrogen (secondary N) is 2. The standard InChI is InChI=1S/C16H17FN2O3S/c1-11-7-8-14(19-12(2)20)9-16(11)23(21,22)18-10-13-5-3-4-6-15(13)17/h3-9,18H,10H2,1-2H3,(H,19,20). The summed E-state index contributed by atoms with van der Waals surface area (Å²) >= 11 is 0. The molecular weight excluding hydrogens is 319 g/mol. The van der Waals surface area contributed by atoms with Crippen LogP contribution in [0.3, 0.4) is 0 Å². The van der Waals surface area contributed by atoms with Crippen LogP contribution in [0, 0.1) is 12.7 Å². The lowest BCUT2D eigenvalue weighted by atomic mass is 10.2. The Morgan fingerprint density at radius 1 is 1.17 bits per heavy atom. The number of aryl methyl sites for hydroxylation is 1. The second-order valence-corrected chi connectivity index (χ2v) is 6.81. The van der Waals surface area contributed by atoms with Crippen molar-refractivity contribution in [2.75, 3.05) is 5.32 Å². The fraction of sp³-hybridized carbons (Fsp3) is 0.188. The highest BCUT2D eigenvalue weighted by molar-refractivity contribution is 7.89. The van der Waals surface area contributed by atoms with Crippen LogP contribution in [-0.4, -0.2) is 14.3 Å². The highest BCUT2D eigenvalue weighted by atomic mass is 32.2. The molecule has 0 saturated heterocycles. The van der Waals surface area contributed by atoms with Crippen LogP contribution >= 0.6 is 0 Å². The highest BCUT2D eigenvalue weighted by Crippen LogP contribution is 2.20. The van der Waals surface area contributed by atoms with Gasteiger partial charge in [0.25, 0.3) is 0 Å². The molecule has 2 N–H and O–H groups in total. The predicted molar refractivity (Wildman–Crippen MR) is 85.9 cm³/mol. The first-order valence-corrected chi connectivity index (χ1v) is 8.39. The van der Waals surface area contributed by atoms with E-state index in [2.05, 4.69) is 10.0 Å². The maximum absolute atomic E-state index is 13.6. The van der Waals surface area contributed by atoms with E-state index in [9.17, 15) is 17.6 Å². The molecule has 0 spiro atoms. The van der Waals surface area contributed by atoms with Gasteiger partial charge in [0.1, 0.15) is 5.82 Å². The number of rotatable bonds is 5. The van der Waals surface area contributed by atoms with Crippen molar-refractivity contribution in [2.45, 2.75) is 25.3 Å². The summed E-state index contributed by atoms with van der Waals surface area (Å²) in [6.07, 6.45) is 0. The lowest BCUT2D eigenvalue weighted by Crippen LogP contribution is -2.24.